The van der Waals surface area contributed by atoms with E-state index in [-0.39, 0.29) is 0 Å². The molecule has 3 rings (SSSR count). The molecular formula is C13H22S. The normalized spacial score (nSPS) is 44.8. The van der Waals surface area contributed by atoms with Crippen molar-refractivity contribution in [1.29, 1.82) is 0 Å². The number of hydrogen-bond donors (Lipinski definition) is 1. The highest BCUT2D eigenvalue weighted by atomic mass is 32.1. The molecule has 1 heteroatoms. The maximum atomic E-state index is 4.85. The molecule has 0 N–H and O–H groups in total. The van der Waals surface area contributed by atoms with Crippen molar-refractivity contribution in [3.8, 4) is 0 Å². The van der Waals surface area contributed by atoms with Crippen molar-refractivity contribution in [2.45, 2.75) is 56.6 Å². The molecule has 3 atom stereocenters. The van der Waals surface area contributed by atoms with Crippen molar-refractivity contribution in [1.82, 2.24) is 0 Å². The topological polar surface area (TPSA) is 0 Å². The van der Waals surface area contributed by atoms with E-state index in [1.54, 1.807) is 0 Å². The van der Waals surface area contributed by atoms with Crippen molar-refractivity contribution >= 4 is 12.6 Å². The second-order valence-corrected chi connectivity index (χ2v) is 6.50. The lowest BCUT2D eigenvalue weighted by Gasteiger charge is -2.41. The number of rotatable bonds is 2. The average molecular weight is 210 g/mol. The highest BCUT2D eigenvalue weighted by molar-refractivity contribution is 7.81. The first kappa shape index (κ1) is 9.57. The Morgan fingerprint density at radius 2 is 1.43 bits per heavy atom. The summed E-state index contributed by atoms with van der Waals surface area (Å²) in [5.74, 6) is 4.24. The molecule has 0 spiro atoms. The van der Waals surface area contributed by atoms with Gasteiger partial charge in [-0.1, -0.05) is 19.3 Å². The minimum atomic E-state index is 0.752. The molecule has 0 aliphatic heterocycles. The standard InChI is InChI=1S/C13H22S/c14-13-8-11(9-2-1-3-9)6-7-12(13)10-4-5-10/h9-14H,1-8H2. The van der Waals surface area contributed by atoms with Gasteiger partial charge in [0.25, 0.3) is 0 Å². The quantitative estimate of drug-likeness (QED) is 0.656. The van der Waals surface area contributed by atoms with Crippen LogP contribution in [0.3, 0.4) is 0 Å². The van der Waals surface area contributed by atoms with Gasteiger partial charge >= 0.3 is 0 Å². The van der Waals surface area contributed by atoms with E-state index in [9.17, 15) is 0 Å². The van der Waals surface area contributed by atoms with Gasteiger partial charge in [-0.15, -0.1) is 0 Å². The molecule has 0 aromatic rings. The summed E-state index contributed by atoms with van der Waals surface area (Å²) < 4.78 is 0. The van der Waals surface area contributed by atoms with Crippen LogP contribution >= 0.6 is 12.6 Å². The Balaban J connectivity index is 1.56. The molecule has 0 nitrogen and oxygen atoms in total. The lowest BCUT2D eigenvalue weighted by molar-refractivity contribution is 0.137. The van der Waals surface area contributed by atoms with Crippen molar-refractivity contribution in [3.63, 3.8) is 0 Å². The predicted molar refractivity (Wildman–Crippen MR) is 63.7 cm³/mol. The van der Waals surface area contributed by atoms with Gasteiger partial charge in [-0.05, 0) is 55.8 Å². The summed E-state index contributed by atoms with van der Waals surface area (Å²) >= 11 is 4.85. The molecule has 0 saturated heterocycles. The van der Waals surface area contributed by atoms with Gasteiger partial charge in [0.1, 0.15) is 0 Å². The second kappa shape index (κ2) is 3.73. The Hall–Kier alpha value is 0.350. The maximum absolute atomic E-state index is 4.85. The maximum Gasteiger partial charge on any atom is 0.00504 e. The molecule has 80 valence electrons. The van der Waals surface area contributed by atoms with Crippen molar-refractivity contribution in [3.05, 3.63) is 0 Å². The van der Waals surface area contributed by atoms with E-state index >= 15 is 0 Å². The summed E-state index contributed by atoms with van der Waals surface area (Å²) in [6.07, 6.45) is 12.0. The van der Waals surface area contributed by atoms with E-state index < -0.39 is 0 Å². The van der Waals surface area contributed by atoms with Crippen LogP contribution in [0.5, 0.6) is 0 Å². The van der Waals surface area contributed by atoms with E-state index in [1.807, 2.05) is 0 Å². The Bertz CT molecular complexity index is 205. The fraction of sp³-hybridized carbons (Fsp3) is 1.00. The summed E-state index contributed by atoms with van der Waals surface area (Å²) in [6, 6.07) is 0. The smallest absolute Gasteiger partial charge is 0.00504 e. The molecule has 14 heavy (non-hydrogen) atoms. The van der Waals surface area contributed by atoms with Crippen LogP contribution in [0.2, 0.25) is 0 Å². The minimum Gasteiger partial charge on any atom is -0.176 e. The van der Waals surface area contributed by atoms with Crippen LogP contribution in [-0.4, -0.2) is 5.25 Å². The summed E-state index contributed by atoms with van der Waals surface area (Å²) in [6.45, 7) is 0. The molecule has 0 aromatic heterocycles. The molecular weight excluding hydrogens is 188 g/mol. The van der Waals surface area contributed by atoms with Crippen molar-refractivity contribution in [2.75, 3.05) is 0 Å². The number of thiol groups is 1. The van der Waals surface area contributed by atoms with E-state index in [0.717, 1.165) is 28.9 Å². The number of hydrogen-bond acceptors (Lipinski definition) is 1. The summed E-state index contributed by atoms with van der Waals surface area (Å²) in [7, 11) is 0. The Kier molecular flexibility index (Phi) is 2.55. The molecule has 3 saturated carbocycles. The fourth-order valence-electron chi connectivity index (χ4n) is 3.62. The molecule has 0 radical (unpaired) electrons. The van der Waals surface area contributed by atoms with Gasteiger partial charge in [0.15, 0.2) is 0 Å². The first-order valence-electron chi connectivity index (χ1n) is 6.52. The Morgan fingerprint density at radius 3 is 1.93 bits per heavy atom. The summed E-state index contributed by atoms with van der Waals surface area (Å²) in [4.78, 5) is 0. The van der Waals surface area contributed by atoms with Crippen LogP contribution in [0.25, 0.3) is 0 Å². The van der Waals surface area contributed by atoms with Gasteiger partial charge < -0.3 is 0 Å². The molecule has 3 fully saturated rings. The van der Waals surface area contributed by atoms with E-state index in [2.05, 4.69) is 0 Å². The Morgan fingerprint density at radius 1 is 0.714 bits per heavy atom. The van der Waals surface area contributed by atoms with Crippen molar-refractivity contribution in [2.24, 2.45) is 23.7 Å². The molecule has 0 heterocycles. The van der Waals surface area contributed by atoms with Crippen LogP contribution in [0, 0.1) is 23.7 Å². The monoisotopic (exact) mass is 210 g/mol. The molecule has 3 aliphatic rings. The van der Waals surface area contributed by atoms with Gasteiger partial charge in [-0.2, -0.15) is 12.6 Å². The van der Waals surface area contributed by atoms with Crippen LogP contribution < -0.4 is 0 Å². The molecule has 0 bridgehead atoms. The molecule has 0 amide bonds. The largest absolute Gasteiger partial charge is 0.176 e. The first-order chi connectivity index (χ1) is 6.84. The van der Waals surface area contributed by atoms with E-state index in [4.69, 9.17) is 12.6 Å². The average Bonchev–Trinajstić information content (AvgIpc) is 2.84. The highest BCUT2D eigenvalue weighted by Gasteiger charge is 2.41. The molecule has 3 unspecified atom stereocenters. The van der Waals surface area contributed by atoms with Gasteiger partial charge in [-0.3, -0.25) is 0 Å². The van der Waals surface area contributed by atoms with E-state index in [0.29, 0.717) is 0 Å². The lowest BCUT2D eigenvalue weighted by Crippen LogP contribution is -2.33. The zero-order valence-corrected chi connectivity index (χ0v) is 9.89. The summed E-state index contributed by atoms with van der Waals surface area (Å²) in [5.41, 5.74) is 0. The molecule has 3 aliphatic carbocycles. The third-order valence-corrected chi connectivity index (χ3v) is 5.55. The summed E-state index contributed by atoms with van der Waals surface area (Å²) in [5, 5.41) is 0.752. The third-order valence-electron chi connectivity index (χ3n) is 4.95. The van der Waals surface area contributed by atoms with E-state index in [1.165, 1.54) is 51.4 Å². The van der Waals surface area contributed by atoms with Crippen LogP contribution in [0.4, 0.5) is 0 Å². The minimum absolute atomic E-state index is 0.752. The van der Waals surface area contributed by atoms with Crippen LogP contribution in [0.1, 0.15) is 51.4 Å². The highest BCUT2D eigenvalue weighted by Crippen LogP contribution is 2.50. The molecule has 0 aromatic carbocycles. The van der Waals surface area contributed by atoms with Crippen molar-refractivity contribution < 1.29 is 0 Å². The zero-order valence-electron chi connectivity index (χ0n) is 8.99. The SMILES string of the molecule is SC1CC(C2CCC2)CCC1C1CC1. The fourth-order valence-corrected chi connectivity index (χ4v) is 4.28. The second-order valence-electron chi connectivity index (χ2n) is 5.83. The Labute approximate surface area is 93.3 Å². The van der Waals surface area contributed by atoms with Gasteiger partial charge in [-0.25, -0.2) is 0 Å². The predicted octanol–water partition coefficient (Wildman–Crippen LogP) is 3.91. The first-order valence-corrected chi connectivity index (χ1v) is 7.04. The third kappa shape index (κ3) is 1.73. The van der Waals surface area contributed by atoms with Gasteiger partial charge in [0.05, 0.1) is 0 Å². The van der Waals surface area contributed by atoms with Gasteiger partial charge in [0, 0.05) is 5.25 Å². The van der Waals surface area contributed by atoms with Crippen LogP contribution in [0.15, 0.2) is 0 Å². The van der Waals surface area contributed by atoms with Crippen LogP contribution in [-0.2, 0) is 0 Å². The lowest BCUT2D eigenvalue weighted by atomic mass is 9.67. The van der Waals surface area contributed by atoms with Gasteiger partial charge in [0.2, 0.25) is 0 Å². The zero-order chi connectivity index (χ0) is 9.54.